The van der Waals surface area contributed by atoms with E-state index in [2.05, 4.69) is 10.4 Å². The molecule has 8 heteroatoms. The molecule has 0 saturated heterocycles. The number of aryl methyl sites for hydroxylation is 2. The summed E-state index contributed by atoms with van der Waals surface area (Å²) in [6.45, 7) is 3.75. The molecule has 1 atom stereocenters. The Morgan fingerprint density at radius 2 is 2.26 bits per heavy atom. The number of aliphatic hydroxyl groups is 1. The van der Waals surface area contributed by atoms with E-state index >= 15 is 0 Å². The van der Waals surface area contributed by atoms with Gasteiger partial charge in [-0.3, -0.25) is 10.1 Å². The molecule has 0 spiro atoms. The molecule has 0 aliphatic rings. The van der Waals surface area contributed by atoms with Crippen LogP contribution in [0.5, 0.6) is 0 Å². The van der Waals surface area contributed by atoms with Crippen LogP contribution in [0.4, 0.5) is 11.5 Å². The summed E-state index contributed by atoms with van der Waals surface area (Å²) in [5.74, 6) is 0.884. The van der Waals surface area contributed by atoms with Gasteiger partial charge >= 0.3 is 5.69 Å². The van der Waals surface area contributed by atoms with Crippen molar-refractivity contribution in [2.45, 2.75) is 25.9 Å². The largest absolute Gasteiger partial charge is 0.387 e. The molecular formula is C11H20N4O3S. The van der Waals surface area contributed by atoms with Crippen LogP contribution in [0.2, 0.25) is 0 Å². The monoisotopic (exact) mass is 288 g/mol. The van der Waals surface area contributed by atoms with Crippen molar-refractivity contribution in [2.75, 3.05) is 23.9 Å². The minimum Gasteiger partial charge on any atom is -0.387 e. The van der Waals surface area contributed by atoms with E-state index in [-0.39, 0.29) is 12.2 Å². The smallest absolute Gasteiger partial charge is 0.333 e. The lowest BCUT2D eigenvalue weighted by atomic mass is 10.1. The maximum atomic E-state index is 11.1. The van der Waals surface area contributed by atoms with Gasteiger partial charge in [0.05, 0.1) is 10.5 Å². The van der Waals surface area contributed by atoms with Crippen molar-refractivity contribution in [2.24, 2.45) is 7.05 Å². The highest BCUT2D eigenvalue weighted by atomic mass is 32.2. The summed E-state index contributed by atoms with van der Waals surface area (Å²) in [5.41, 5.74) is -0.492. The summed E-state index contributed by atoms with van der Waals surface area (Å²) in [4.78, 5) is 10.7. The summed E-state index contributed by atoms with van der Waals surface area (Å²) in [5, 5.41) is 28.2. The molecule has 0 aliphatic carbocycles. The van der Waals surface area contributed by atoms with Crippen molar-refractivity contribution in [1.82, 2.24) is 9.78 Å². The fourth-order valence-corrected chi connectivity index (χ4v) is 2.56. The van der Waals surface area contributed by atoms with Crippen LogP contribution in [0.25, 0.3) is 0 Å². The quantitative estimate of drug-likeness (QED) is 0.582. The molecule has 0 saturated carbocycles. The van der Waals surface area contributed by atoms with E-state index in [4.69, 9.17) is 0 Å². The molecule has 1 unspecified atom stereocenters. The predicted molar refractivity (Wildman–Crippen MR) is 76.7 cm³/mol. The first-order chi connectivity index (χ1) is 8.82. The Kier molecular flexibility index (Phi) is 5.19. The topological polar surface area (TPSA) is 93.2 Å². The molecule has 2 N–H and O–H groups in total. The van der Waals surface area contributed by atoms with Crippen LogP contribution in [0.3, 0.4) is 0 Å². The highest BCUT2D eigenvalue weighted by molar-refractivity contribution is 7.98. The molecule has 0 radical (unpaired) electrons. The molecule has 108 valence electrons. The Labute approximate surface area is 116 Å². The maximum Gasteiger partial charge on any atom is 0.333 e. The number of rotatable bonds is 7. The van der Waals surface area contributed by atoms with E-state index in [9.17, 15) is 15.2 Å². The number of hydrogen-bond donors (Lipinski definition) is 2. The first-order valence-electron chi connectivity index (χ1n) is 5.98. The van der Waals surface area contributed by atoms with Crippen LogP contribution in [0.1, 0.15) is 19.5 Å². The van der Waals surface area contributed by atoms with Crippen molar-refractivity contribution < 1.29 is 10.0 Å². The van der Waals surface area contributed by atoms with E-state index in [1.54, 1.807) is 14.0 Å². The molecule has 1 aromatic heterocycles. The van der Waals surface area contributed by atoms with Crippen LogP contribution in [0, 0.1) is 10.1 Å². The molecule has 0 aromatic carbocycles. The minimum atomic E-state index is -0.927. The Bertz CT molecular complexity index is 459. The zero-order valence-electron chi connectivity index (χ0n) is 11.6. The lowest BCUT2D eigenvalue weighted by molar-refractivity contribution is -0.384. The van der Waals surface area contributed by atoms with Crippen molar-refractivity contribution >= 4 is 23.3 Å². The van der Waals surface area contributed by atoms with Gasteiger partial charge in [-0.1, -0.05) is 6.92 Å². The zero-order chi connectivity index (χ0) is 14.6. The number of nitrogens with one attached hydrogen (secondary N) is 1. The zero-order valence-corrected chi connectivity index (χ0v) is 12.5. The van der Waals surface area contributed by atoms with Crippen LogP contribution >= 0.6 is 11.8 Å². The lowest BCUT2D eigenvalue weighted by Gasteiger charge is -2.22. The summed E-state index contributed by atoms with van der Waals surface area (Å²) in [6.07, 6.45) is 2.39. The average molecular weight is 288 g/mol. The molecule has 1 aromatic rings. The van der Waals surface area contributed by atoms with E-state index in [0.717, 1.165) is 0 Å². The normalized spacial score (nSPS) is 14.2. The molecule has 0 amide bonds. The Morgan fingerprint density at radius 3 is 2.74 bits per heavy atom. The van der Waals surface area contributed by atoms with Gasteiger partial charge in [0.15, 0.2) is 0 Å². The molecule has 19 heavy (non-hydrogen) atoms. The van der Waals surface area contributed by atoms with Gasteiger partial charge in [0.25, 0.3) is 0 Å². The second-order valence-corrected chi connectivity index (χ2v) is 5.53. The lowest BCUT2D eigenvalue weighted by Crippen LogP contribution is -2.36. The predicted octanol–water partition coefficient (Wildman–Crippen LogP) is 1.42. The number of aromatic nitrogens is 2. The molecule has 1 rings (SSSR count). The Hall–Kier alpha value is -1.28. The summed E-state index contributed by atoms with van der Waals surface area (Å²) < 4.78 is 1.45. The summed E-state index contributed by atoms with van der Waals surface area (Å²) >= 11 is 1.52. The first-order valence-corrected chi connectivity index (χ1v) is 7.37. The van der Waals surface area contributed by atoms with E-state index in [1.165, 1.54) is 16.4 Å². The van der Waals surface area contributed by atoms with Crippen LogP contribution in [-0.2, 0) is 13.5 Å². The Balaban J connectivity index is 2.95. The maximum absolute atomic E-state index is 11.1. The number of anilines is 1. The van der Waals surface area contributed by atoms with Gasteiger partial charge in [0.1, 0.15) is 5.69 Å². The van der Waals surface area contributed by atoms with Gasteiger partial charge in [-0.15, -0.1) is 0 Å². The molecule has 0 fully saturated rings. The van der Waals surface area contributed by atoms with Crippen molar-refractivity contribution in [1.29, 1.82) is 0 Å². The third-order valence-corrected chi connectivity index (χ3v) is 3.61. The molecular weight excluding hydrogens is 268 g/mol. The second kappa shape index (κ2) is 6.25. The van der Waals surface area contributed by atoms with Crippen LogP contribution in [-0.4, -0.2) is 44.0 Å². The number of nitrogens with zero attached hydrogens (tertiary/aromatic N) is 3. The van der Waals surface area contributed by atoms with Crippen LogP contribution in [0.15, 0.2) is 0 Å². The van der Waals surface area contributed by atoms with Gasteiger partial charge in [0, 0.05) is 19.3 Å². The first kappa shape index (κ1) is 15.8. The standard InChI is InChI=1S/C11H20N4O3S/c1-5-8-9(15(17)18)10(14(3)13-8)12-6-11(2,16)7-19-4/h12,16H,5-7H2,1-4H3. The third-order valence-electron chi connectivity index (χ3n) is 2.70. The van der Waals surface area contributed by atoms with E-state index in [0.29, 0.717) is 23.7 Å². The van der Waals surface area contributed by atoms with Crippen molar-refractivity contribution in [3.8, 4) is 0 Å². The van der Waals surface area contributed by atoms with Gasteiger partial charge < -0.3 is 10.4 Å². The molecule has 1 heterocycles. The van der Waals surface area contributed by atoms with Crippen molar-refractivity contribution in [3.05, 3.63) is 15.8 Å². The van der Waals surface area contributed by atoms with Crippen molar-refractivity contribution in [3.63, 3.8) is 0 Å². The SMILES string of the molecule is CCc1nn(C)c(NCC(C)(O)CSC)c1[N+](=O)[O-]. The van der Waals surface area contributed by atoms with Crippen LogP contribution < -0.4 is 5.32 Å². The van der Waals surface area contributed by atoms with Gasteiger partial charge in [-0.05, 0) is 19.6 Å². The van der Waals surface area contributed by atoms with Gasteiger partial charge in [0.2, 0.25) is 5.82 Å². The molecule has 7 nitrogen and oxygen atoms in total. The summed E-state index contributed by atoms with van der Waals surface area (Å²) in [7, 11) is 1.65. The summed E-state index contributed by atoms with van der Waals surface area (Å²) in [6, 6.07) is 0. The minimum absolute atomic E-state index is 0.00930. The fraction of sp³-hybridized carbons (Fsp3) is 0.727. The average Bonchev–Trinajstić information content (AvgIpc) is 2.63. The highest BCUT2D eigenvalue weighted by Gasteiger charge is 2.27. The van der Waals surface area contributed by atoms with Gasteiger partial charge in [-0.25, -0.2) is 4.68 Å². The molecule has 0 aliphatic heterocycles. The Morgan fingerprint density at radius 1 is 1.63 bits per heavy atom. The van der Waals surface area contributed by atoms with Gasteiger partial charge in [-0.2, -0.15) is 16.9 Å². The number of thioether (sulfide) groups is 1. The number of hydrogen-bond acceptors (Lipinski definition) is 6. The van der Waals surface area contributed by atoms with E-state index < -0.39 is 10.5 Å². The third kappa shape index (κ3) is 3.84. The molecule has 0 bridgehead atoms. The number of nitro groups is 1. The fourth-order valence-electron chi connectivity index (χ4n) is 1.83. The van der Waals surface area contributed by atoms with E-state index in [1.807, 2.05) is 13.2 Å². The highest BCUT2D eigenvalue weighted by Crippen LogP contribution is 2.28. The second-order valence-electron chi connectivity index (χ2n) is 4.66.